The first-order valence-electron chi connectivity index (χ1n) is 8.10. The molecule has 1 aromatic carbocycles. The largest absolute Gasteiger partial charge is 0.497 e. The van der Waals surface area contributed by atoms with Gasteiger partial charge in [0.15, 0.2) is 0 Å². The van der Waals surface area contributed by atoms with Gasteiger partial charge < -0.3 is 10.1 Å². The van der Waals surface area contributed by atoms with Crippen LogP contribution in [0.3, 0.4) is 0 Å². The second-order valence-corrected chi connectivity index (χ2v) is 6.07. The maximum Gasteiger partial charge on any atom is 0.401 e. The molecule has 0 spiro atoms. The number of nitrogens with zero attached hydrogens (tertiary/aromatic N) is 1. The van der Waals surface area contributed by atoms with Crippen LogP contribution in [0.4, 0.5) is 13.2 Å². The predicted octanol–water partition coefficient (Wildman–Crippen LogP) is 3.76. The zero-order chi connectivity index (χ0) is 16.9. The molecule has 6 heteroatoms. The van der Waals surface area contributed by atoms with Crippen LogP contribution in [0, 0.1) is 0 Å². The van der Waals surface area contributed by atoms with Crippen LogP contribution < -0.4 is 10.1 Å². The summed E-state index contributed by atoms with van der Waals surface area (Å²) in [5.74, 6) is 0.823. The van der Waals surface area contributed by atoms with E-state index >= 15 is 0 Å². The molecule has 3 nitrogen and oxygen atoms in total. The number of nitrogens with one attached hydrogen (secondary N) is 1. The summed E-state index contributed by atoms with van der Waals surface area (Å²) in [7, 11) is 1.64. The van der Waals surface area contributed by atoms with Gasteiger partial charge in [-0.25, -0.2) is 0 Å². The summed E-state index contributed by atoms with van der Waals surface area (Å²) in [5, 5.41) is 3.59. The zero-order valence-corrected chi connectivity index (χ0v) is 13.7. The smallest absolute Gasteiger partial charge is 0.401 e. The van der Waals surface area contributed by atoms with Gasteiger partial charge in [-0.1, -0.05) is 19.1 Å². The van der Waals surface area contributed by atoms with E-state index in [1.807, 2.05) is 24.3 Å². The first kappa shape index (κ1) is 18.1. The Morgan fingerprint density at radius 1 is 1.22 bits per heavy atom. The van der Waals surface area contributed by atoms with E-state index in [0.29, 0.717) is 13.1 Å². The minimum absolute atomic E-state index is 0.222. The molecule has 0 radical (unpaired) electrons. The number of alkyl halides is 3. The zero-order valence-electron chi connectivity index (χ0n) is 13.7. The van der Waals surface area contributed by atoms with Crippen LogP contribution in [0.5, 0.6) is 5.75 Å². The summed E-state index contributed by atoms with van der Waals surface area (Å²) < 4.78 is 42.4. The highest BCUT2D eigenvalue weighted by Gasteiger charge is 2.32. The molecule has 1 unspecified atom stereocenters. The quantitative estimate of drug-likeness (QED) is 0.859. The fraction of sp³-hybridized carbons (Fsp3) is 0.647. The van der Waals surface area contributed by atoms with Gasteiger partial charge in [0, 0.05) is 12.1 Å². The Balaban J connectivity index is 1.85. The first-order valence-corrected chi connectivity index (χ1v) is 8.10. The van der Waals surface area contributed by atoms with Crippen LogP contribution >= 0.6 is 0 Å². The summed E-state index contributed by atoms with van der Waals surface area (Å²) in [4.78, 5) is 1.49. The molecular formula is C17H25F3N2O. The molecule has 1 aromatic rings. The highest BCUT2D eigenvalue weighted by molar-refractivity contribution is 5.29. The fourth-order valence-corrected chi connectivity index (χ4v) is 3.08. The van der Waals surface area contributed by atoms with Crippen molar-refractivity contribution in [3.8, 4) is 5.75 Å². The van der Waals surface area contributed by atoms with E-state index in [9.17, 15) is 13.2 Å². The average Bonchev–Trinajstić information content (AvgIpc) is 2.53. The Bertz CT molecular complexity index is 468. The number of ether oxygens (including phenoxy) is 1. The van der Waals surface area contributed by atoms with Crippen molar-refractivity contribution in [2.45, 2.75) is 44.4 Å². The van der Waals surface area contributed by atoms with Gasteiger partial charge in [0.1, 0.15) is 5.75 Å². The minimum atomic E-state index is -4.10. The van der Waals surface area contributed by atoms with Crippen molar-refractivity contribution in [2.75, 3.05) is 26.7 Å². The molecule has 130 valence electrons. The molecule has 0 amide bonds. The van der Waals surface area contributed by atoms with Crippen molar-refractivity contribution in [2.24, 2.45) is 0 Å². The number of piperidine rings is 1. The number of likely N-dealkylation sites (tertiary alicyclic amines) is 1. The molecule has 2 rings (SSSR count). The van der Waals surface area contributed by atoms with E-state index < -0.39 is 12.7 Å². The van der Waals surface area contributed by atoms with Gasteiger partial charge >= 0.3 is 6.18 Å². The molecule has 1 saturated heterocycles. The van der Waals surface area contributed by atoms with Crippen molar-refractivity contribution in [3.05, 3.63) is 29.8 Å². The molecule has 1 aliphatic heterocycles. The summed E-state index contributed by atoms with van der Waals surface area (Å²) in [6, 6.07) is 8.45. The molecule has 0 aromatic heterocycles. The van der Waals surface area contributed by atoms with E-state index in [1.165, 1.54) is 10.5 Å². The lowest BCUT2D eigenvalue weighted by Gasteiger charge is -2.34. The Labute approximate surface area is 135 Å². The first-order chi connectivity index (χ1) is 10.9. The molecule has 1 fully saturated rings. The maximum atomic E-state index is 12.4. The van der Waals surface area contributed by atoms with Crippen LogP contribution in [-0.2, 0) is 0 Å². The lowest BCUT2D eigenvalue weighted by molar-refractivity contribution is -0.148. The van der Waals surface area contributed by atoms with Gasteiger partial charge in [-0.15, -0.1) is 0 Å². The Morgan fingerprint density at radius 2 is 1.83 bits per heavy atom. The Hall–Kier alpha value is -1.27. The third-order valence-electron chi connectivity index (χ3n) is 4.35. The Kier molecular flexibility index (Phi) is 6.30. The second-order valence-electron chi connectivity index (χ2n) is 6.07. The van der Waals surface area contributed by atoms with E-state index in [1.54, 1.807) is 7.11 Å². The topological polar surface area (TPSA) is 24.5 Å². The molecule has 1 heterocycles. The fourth-order valence-electron chi connectivity index (χ4n) is 3.08. The molecular weight excluding hydrogens is 305 g/mol. The number of hydrogen-bond donors (Lipinski definition) is 1. The van der Waals surface area contributed by atoms with E-state index in [0.717, 1.165) is 25.0 Å². The number of methoxy groups -OCH3 is 1. The molecule has 0 bridgehead atoms. The van der Waals surface area contributed by atoms with Crippen LogP contribution in [-0.4, -0.2) is 43.9 Å². The van der Waals surface area contributed by atoms with Crippen molar-refractivity contribution in [1.29, 1.82) is 0 Å². The lowest BCUT2D eigenvalue weighted by Crippen LogP contribution is -2.46. The van der Waals surface area contributed by atoms with E-state index in [-0.39, 0.29) is 12.1 Å². The molecule has 23 heavy (non-hydrogen) atoms. The lowest BCUT2D eigenvalue weighted by atomic mass is 9.99. The van der Waals surface area contributed by atoms with Crippen molar-refractivity contribution < 1.29 is 17.9 Å². The molecule has 0 aliphatic carbocycles. The monoisotopic (exact) mass is 330 g/mol. The van der Waals surface area contributed by atoms with Gasteiger partial charge in [-0.3, -0.25) is 4.90 Å². The Morgan fingerprint density at radius 3 is 2.30 bits per heavy atom. The van der Waals surface area contributed by atoms with Crippen LogP contribution in [0.2, 0.25) is 0 Å². The van der Waals surface area contributed by atoms with Gasteiger partial charge in [-0.05, 0) is 50.0 Å². The third-order valence-corrected chi connectivity index (χ3v) is 4.35. The maximum absolute atomic E-state index is 12.4. The van der Waals surface area contributed by atoms with Crippen LogP contribution in [0.1, 0.15) is 37.8 Å². The summed E-state index contributed by atoms with van der Waals surface area (Å²) >= 11 is 0. The summed E-state index contributed by atoms with van der Waals surface area (Å²) in [5.41, 5.74) is 1.19. The molecule has 1 atom stereocenters. The van der Waals surface area contributed by atoms with E-state index in [2.05, 4.69) is 12.2 Å². The second kappa shape index (κ2) is 8.02. The minimum Gasteiger partial charge on any atom is -0.497 e. The summed E-state index contributed by atoms with van der Waals surface area (Å²) in [6.45, 7) is 2.31. The average molecular weight is 330 g/mol. The van der Waals surface area contributed by atoms with Crippen LogP contribution in [0.25, 0.3) is 0 Å². The number of hydrogen-bond acceptors (Lipinski definition) is 3. The molecule has 0 saturated carbocycles. The van der Waals surface area contributed by atoms with Crippen molar-refractivity contribution >= 4 is 0 Å². The standard InChI is InChI=1S/C17H25F3N2O/c1-3-16(13-4-6-15(23-2)7-5-13)21-14-8-10-22(11-9-14)12-17(18,19)20/h4-7,14,16,21H,3,8-12H2,1-2H3. The molecule has 1 N–H and O–H groups in total. The van der Waals surface area contributed by atoms with Gasteiger partial charge in [0.25, 0.3) is 0 Å². The number of halogens is 3. The number of benzene rings is 1. The van der Waals surface area contributed by atoms with Gasteiger partial charge in [0.05, 0.1) is 13.7 Å². The van der Waals surface area contributed by atoms with E-state index in [4.69, 9.17) is 4.74 Å². The normalized spacial score (nSPS) is 18.8. The highest BCUT2D eigenvalue weighted by atomic mass is 19.4. The number of rotatable bonds is 6. The van der Waals surface area contributed by atoms with Crippen molar-refractivity contribution in [1.82, 2.24) is 10.2 Å². The van der Waals surface area contributed by atoms with Gasteiger partial charge in [-0.2, -0.15) is 13.2 Å². The molecule has 1 aliphatic rings. The highest BCUT2D eigenvalue weighted by Crippen LogP contribution is 2.24. The predicted molar refractivity (Wildman–Crippen MR) is 84.7 cm³/mol. The van der Waals surface area contributed by atoms with Gasteiger partial charge in [0.2, 0.25) is 0 Å². The van der Waals surface area contributed by atoms with Crippen molar-refractivity contribution in [3.63, 3.8) is 0 Å². The third kappa shape index (κ3) is 5.70. The van der Waals surface area contributed by atoms with Crippen LogP contribution in [0.15, 0.2) is 24.3 Å². The SMILES string of the molecule is CCC(NC1CCN(CC(F)(F)F)CC1)c1ccc(OC)cc1. The summed E-state index contributed by atoms with van der Waals surface area (Å²) in [6.07, 6.45) is -1.66.